The standard InChI is InChI=1S/C55H92O6/c1-4-7-10-13-16-19-22-25-27-29-30-33-36-39-42-45-48-54(57)60-51-52(50-59-53(56)47-44-41-38-35-32-24-21-18-15-12-9-6-3)61-55(58)49-46-43-40-37-34-31-28-26-23-20-17-14-11-8-5-2/h8,11,14,17-18,20-21,23,26-29,31,34,52H,4-7,9-10,12-13,15-16,19,22,24-25,30,32-33,35-51H2,1-3H3/b11-8-,17-14-,21-18-,23-20-,28-26-,29-27-,34-31-. The molecule has 0 spiro atoms. The van der Waals surface area contributed by atoms with Gasteiger partial charge in [-0.2, -0.15) is 0 Å². The van der Waals surface area contributed by atoms with Gasteiger partial charge in [0.05, 0.1) is 0 Å². The molecule has 0 amide bonds. The minimum atomic E-state index is -0.804. The SMILES string of the molecule is CC\C=C/C=C\C=C/C=C\C=C/CCCCCC(=O)OC(COC(=O)CCCCCCC/C=C\CCCCC)COC(=O)CCCCCCC/C=C\CCCCCCCCC. The fourth-order valence-electron chi connectivity index (χ4n) is 6.69. The van der Waals surface area contributed by atoms with Gasteiger partial charge in [0.2, 0.25) is 0 Å². The Bertz CT molecular complexity index is 1200. The van der Waals surface area contributed by atoms with Gasteiger partial charge in [-0.3, -0.25) is 14.4 Å². The molecule has 1 unspecified atom stereocenters. The molecular formula is C55H92O6. The monoisotopic (exact) mass is 849 g/mol. The van der Waals surface area contributed by atoms with Crippen molar-refractivity contribution in [2.75, 3.05) is 13.2 Å². The molecule has 0 aliphatic heterocycles. The number of ether oxygens (including phenoxy) is 3. The molecule has 0 aromatic carbocycles. The van der Waals surface area contributed by atoms with E-state index in [0.717, 1.165) is 83.5 Å². The maximum Gasteiger partial charge on any atom is 0.306 e. The van der Waals surface area contributed by atoms with Crippen LogP contribution in [0, 0.1) is 0 Å². The summed E-state index contributed by atoms with van der Waals surface area (Å²) in [4.78, 5) is 37.9. The average molecular weight is 849 g/mol. The Hall–Kier alpha value is -3.41. The highest BCUT2D eigenvalue weighted by atomic mass is 16.6. The van der Waals surface area contributed by atoms with Crippen LogP contribution in [0.25, 0.3) is 0 Å². The van der Waals surface area contributed by atoms with E-state index >= 15 is 0 Å². The highest BCUT2D eigenvalue weighted by molar-refractivity contribution is 5.71. The van der Waals surface area contributed by atoms with Gasteiger partial charge in [0.15, 0.2) is 6.10 Å². The number of unbranched alkanes of at least 4 members (excludes halogenated alkanes) is 23. The Labute approximate surface area is 375 Å². The lowest BCUT2D eigenvalue weighted by molar-refractivity contribution is -0.167. The number of carbonyl (C=O) groups is 3. The molecular weight excluding hydrogens is 757 g/mol. The maximum atomic E-state index is 12.8. The summed E-state index contributed by atoms with van der Waals surface area (Å²) >= 11 is 0. The molecule has 6 heteroatoms. The molecule has 0 aromatic rings. The molecule has 0 aliphatic rings. The number of esters is 3. The fourth-order valence-corrected chi connectivity index (χ4v) is 6.69. The van der Waals surface area contributed by atoms with Gasteiger partial charge in [-0.05, 0) is 89.9 Å². The molecule has 348 valence electrons. The van der Waals surface area contributed by atoms with Crippen LogP contribution in [0.1, 0.15) is 226 Å². The molecule has 0 aromatic heterocycles. The largest absolute Gasteiger partial charge is 0.462 e. The van der Waals surface area contributed by atoms with Crippen molar-refractivity contribution in [2.45, 2.75) is 232 Å². The van der Waals surface area contributed by atoms with Gasteiger partial charge in [0, 0.05) is 19.3 Å². The van der Waals surface area contributed by atoms with Crippen molar-refractivity contribution in [2.24, 2.45) is 0 Å². The third-order valence-electron chi connectivity index (χ3n) is 10.5. The molecule has 0 radical (unpaired) electrons. The molecule has 0 bridgehead atoms. The molecule has 1 atom stereocenters. The number of carbonyl (C=O) groups excluding carboxylic acids is 3. The summed E-state index contributed by atoms with van der Waals surface area (Å²) in [6, 6.07) is 0. The van der Waals surface area contributed by atoms with E-state index in [1.165, 1.54) is 96.3 Å². The summed E-state index contributed by atoms with van der Waals surface area (Å²) in [6.45, 7) is 6.41. The number of hydrogen-bond donors (Lipinski definition) is 0. The zero-order chi connectivity index (χ0) is 44.4. The maximum absolute atomic E-state index is 12.8. The minimum absolute atomic E-state index is 0.101. The second-order valence-electron chi connectivity index (χ2n) is 16.5. The number of rotatable bonds is 44. The number of allylic oxidation sites excluding steroid dienone is 14. The lowest BCUT2D eigenvalue weighted by Crippen LogP contribution is -2.30. The fraction of sp³-hybridized carbons (Fsp3) is 0.691. The van der Waals surface area contributed by atoms with Gasteiger partial charge in [-0.25, -0.2) is 0 Å². The van der Waals surface area contributed by atoms with E-state index in [0.29, 0.717) is 19.3 Å². The summed E-state index contributed by atoms with van der Waals surface area (Å²) in [5.41, 5.74) is 0. The molecule has 0 heterocycles. The first-order valence-electron chi connectivity index (χ1n) is 25.2. The highest BCUT2D eigenvalue weighted by Crippen LogP contribution is 2.13. The van der Waals surface area contributed by atoms with E-state index in [-0.39, 0.29) is 37.5 Å². The molecule has 6 nitrogen and oxygen atoms in total. The Morgan fingerprint density at radius 1 is 0.344 bits per heavy atom. The van der Waals surface area contributed by atoms with Crippen LogP contribution in [-0.2, 0) is 28.6 Å². The van der Waals surface area contributed by atoms with Crippen molar-refractivity contribution in [1.82, 2.24) is 0 Å². The molecule has 0 rings (SSSR count). The van der Waals surface area contributed by atoms with E-state index in [2.05, 4.69) is 57.2 Å². The van der Waals surface area contributed by atoms with E-state index in [4.69, 9.17) is 14.2 Å². The molecule has 0 N–H and O–H groups in total. The smallest absolute Gasteiger partial charge is 0.306 e. The predicted octanol–water partition coefficient (Wildman–Crippen LogP) is 16.4. The summed E-state index contributed by atoms with van der Waals surface area (Å²) < 4.78 is 16.7. The van der Waals surface area contributed by atoms with Gasteiger partial charge in [0.25, 0.3) is 0 Å². The summed E-state index contributed by atoms with van der Waals surface area (Å²) in [5, 5.41) is 0. The second-order valence-corrected chi connectivity index (χ2v) is 16.5. The van der Waals surface area contributed by atoms with Gasteiger partial charge < -0.3 is 14.2 Å². The zero-order valence-corrected chi connectivity index (χ0v) is 39.7. The molecule has 0 saturated heterocycles. The van der Waals surface area contributed by atoms with Crippen molar-refractivity contribution in [3.63, 3.8) is 0 Å². The van der Waals surface area contributed by atoms with E-state index < -0.39 is 6.10 Å². The minimum Gasteiger partial charge on any atom is -0.462 e. The summed E-state index contributed by atoms with van der Waals surface area (Å²) in [6.07, 6.45) is 62.8. The van der Waals surface area contributed by atoms with Crippen molar-refractivity contribution in [1.29, 1.82) is 0 Å². The van der Waals surface area contributed by atoms with Gasteiger partial charge in [0.1, 0.15) is 13.2 Å². The van der Waals surface area contributed by atoms with E-state index in [9.17, 15) is 14.4 Å². The average Bonchev–Trinajstić information content (AvgIpc) is 3.26. The highest BCUT2D eigenvalue weighted by Gasteiger charge is 2.19. The molecule has 0 aliphatic carbocycles. The Morgan fingerprint density at radius 3 is 1.10 bits per heavy atom. The van der Waals surface area contributed by atoms with Crippen LogP contribution in [0.15, 0.2) is 85.1 Å². The van der Waals surface area contributed by atoms with Crippen LogP contribution in [0.3, 0.4) is 0 Å². The van der Waals surface area contributed by atoms with Crippen molar-refractivity contribution in [3.8, 4) is 0 Å². The topological polar surface area (TPSA) is 78.9 Å². The molecule has 0 saturated carbocycles. The molecule has 0 fully saturated rings. The third-order valence-corrected chi connectivity index (χ3v) is 10.5. The van der Waals surface area contributed by atoms with Crippen LogP contribution < -0.4 is 0 Å². The Balaban J connectivity index is 4.48. The van der Waals surface area contributed by atoms with Crippen molar-refractivity contribution < 1.29 is 28.6 Å². The Kier molecular flexibility index (Phi) is 46.5. The second kappa shape index (κ2) is 49.2. The van der Waals surface area contributed by atoms with Gasteiger partial charge in [-0.1, -0.05) is 202 Å². The lowest BCUT2D eigenvalue weighted by Gasteiger charge is -2.18. The summed E-state index contributed by atoms with van der Waals surface area (Å²) in [7, 11) is 0. The first-order chi connectivity index (χ1) is 30.0. The van der Waals surface area contributed by atoms with Crippen LogP contribution in [-0.4, -0.2) is 37.2 Å². The van der Waals surface area contributed by atoms with Crippen LogP contribution >= 0.6 is 0 Å². The van der Waals surface area contributed by atoms with Crippen molar-refractivity contribution in [3.05, 3.63) is 85.1 Å². The first kappa shape index (κ1) is 57.6. The Morgan fingerprint density at radius 2 is 0.656 bits per heavy atom. The lowest BCUT2D eigenvalue weighted by atomic mass is 10.1. The quantitative estimate of drug-likeness (QED) is 0.0200. The van der Waals surface area contributed by atoms with E-state index in [1.54, 1.807) is 0 Å². The molecule has 61 heavy (non-hydrogen) atoms. The van der Waals surface area contributed by atoms with Gasteiger partial charge >= 0.3 is 17.9 Å². The van der Waals surface area contributed by atoms with Crippen LogP contribution in [0.2, 0.25) is 0 Å². The number of hydrogen-bond acceptors (Lipinski definition) is 6. The van der Waals surface area contributed by atoms with Crippen LogP contribution in [0.5, 0.6) is 0 Å². The van der Waals surface area contributed by atoms with Gasteiger partial charge in [-0.15, -0.1) is 0 Å². The van der Waals surface area contributed by atoms with E-state index in [1.807, 2.05) is 48.6 Å². The van der Waals surface area contributed by atoms with Crippen molar-refractivity contribution >= 4 is 17.9 Å². The predicted molar refractivity (Wildman–Crippen MR) is 261 cm³/mol. The first-order valence-corrected chi connectivity index (χ1v) is 25.2. The zero-order valence-electron chi connectivity index (χ0n) is 39.7. The third kappa shape index (κ3) is 47.5. The normalized spacial score (nSPS) is 12.8. The summed E-state index contributed by atoms with van der Waals surface area (Å²) in [5.74, 6) is -0.963. The van der Waals surface area contributed by atoms with Crippen LogP contribution in [0.4, 0.5) is 0 Å².